The summed E-state index contributed by atoms with van der Waals surface area (Å²) >= 11 is 0. The van der Waals surface area contributed by atoms with Gasteiger partial charge in [0.15, 0.2) is 0 Å². The highest BCUT2D eigenvalue weighted by Gasteiger charge is 2.12. The summed E-state index contributed by atoms with van der Waals surface area (Å²) in [5, 5.41) is 17.1. The monoisotopic (exact) mass is 165 g/mol. The second-order valence-corrected chi connectivity index (χ2v) is 2.59. The number of hydrogen-bond donors (Lipinski definition) is 0. The van der Waals surface area contributed by atoms with Crippen LogP contribution in [0.3, 0.4) is 0 Å². The van der Waals surface area contributed by atoms with Crippen molar-refractivity contribution in [3.63, 3.8) is 0 Å². The van der Waals surface area contributed by atoms with Crippen LogP contribution in [0.4, 0.5) is 0 Å². The number of hydrogen-bond acceptors (Lipinski definition) is 3. The van der Waals surface area contributed by atoms with Gasteiger partial charge in [-0.25, -0.2) is 0 Å². The molecule has 0 spiro atoms. The first-order chi connectivity index (χ1) is 5.79. The highest BCUT2D eigenvalue weighted by molar-refractivity contribution is 4.91. The van der Waals surface area contributed by atoms with Crippen molar-refractivity contribution < 1.29 is 0 Å². The fraction of sp³-hybridized carbons (Fsp3) is 0.778. The number of nitriles is 2. The van der Waals surface area contributed by atoms with Gasteiger partial charge in [0.05, 0.1) is 18.2 Å². The van der Waals surface area contributed by atoms with Crippen LogP contribution in [0.25, 0.3) is 0 Å². The molecule has 0 bridgehead atoms. The molecule has 0 aromatic rings. The van der Waals surface area contributed by atoms with E-state index in [2.05, 4.69) is 12.1 Å². The van der Waals surface area contributed by atoms with Crippen LogP contribution < -0.4 is 0 Å². The zero-order chi connectivity index (χ0) is 9.40. The largest absolute Gasteiger partial charge is 0.287 e. The summed E-state index contributed by atoms with van der Waals surface area (Å²) in [6.07, 6.45) is 1.34. The Bertz CT molecular complexity index is 187. The first kappa shape index (κ1) is 10.9. The van der Waals surface area contributed by atoms with Gasteiger partial charge in [-0.3, -0.25) is 4.90 Å². The molecule has 0 amide bonds. The number of rotatable bonds is 5. The highest BCUT2D eigenvalue weighted by Crippen LogP contribution is 2.02. The minimum atomic E-state index is -0.0247. The van der Waals surface area contributed by atoms with E-state index in [1.807, 2.05) is 18.7 Å². The molecule has 0 fully saturated rings. The van der Waals surface area contributed by atoms with Crippen molar-refractivity contribution in [2.75, 3.05) is 13.1 Å². The van der Waals surface area contributed by atoms with Crippen LogP contribution in [0.5, 0.6) is 0 Å². The standard InChI is InChI=1S/C9H15N3/c1-3-9(8-11)12(4-2)7-5-6-10/h9H,3-5,7H2,1-2H3. The zero-order valence-corrected chi connectivity index (χ0v) is 7.75. The lowest BCUT2D eigenvalue weighted by atomic mass is 10.2. The van der Waals surface area contributed by atoms with E-state index in [-0.39, 0.29) is 6.04 Å². The Kier molecular flexibility index (Phi) is 6.05. The summed E-state index contributed by atoms with van der Waals surface area (Å²) in [6, 6.07) is 4.29. The van der Waals surface area contributed by atoms with Gasteiger partial charge in [0.1, 0.15) is 0 Å². The summed E-state index contributed by atoms with van der Waals surface area (Å²) in [4.78, 5) is 2.03. The van der Waals surface area contributed by atoms with Gasteiger partial charge in [-0.1, -0.05) is 13.8 Å². The normalized spacial score (nSPS) is 12.1. The summed E-state index contributed by atoms with van der Waals surface area (Å²) in [7, 11) is 0. The van der Waals surface area contributed by atoms with Crippen LogP contribution in [0.2, 0.25) is 0 Å². The fourth-order valence-electron chi connectivity index (χ4n) is 1.16. The molecule has 0 saturated carbocycles. The zero-order valence-electron chi connectivity index (χ0n) is 7.75. The van der Waals surface area contributed by atoms with E-state index in [0.717, 1.165) is 13.0 Å². The molecular formula is C9H15N3. The number of nitrogens with zero attached hydrogens (tertiary/aromatic N) is 3. The second kappa shape index (κ2) is 6.64. The Morgan fingerprint density at radius 3 is 2.33 bits per heavy atom. The van der Waals surface area contributed by atoms with E-state index < -0.39 is 0 Å². The molecule has 3 heteroatoms. The molecule has 0 radical (unpaired) electrons. The van der Waals surface area contributed by atoms with Crippen LogP contribution >= 0.6 is 0 Å². The van der Waals surface area contributed by atoms with Crippen molar-refractivity contribution in [3.05, 3.63) is 0 Å². The average Bonchev–Trinajstić information content (AvgIpc) is 2.12. The quantitative estimate of drug-likeness (QED) is 0.620. The van der Waals surface area contributed by atoms with Gasteiger partial charge in [-0.2, -0.15) is 10.5 Å². The topological polar surface area (TPSA) is 50.8 Å². The second-order valence-electron chi connectivity index (χ2n) is 2.59. The molecule has 0 saturated heterocycles. The average molecular weight is 165 g/mol. The minimum absolute atomic E-state index is 0.0247. The van der Waals surface area contributed by atoms with E-state index in [9.17, 15) is 0 Å². The molecule has 66 valence electrons. The maximum absolute atomic E-state index is 8.75. The summed E-state index contributed by atoms with van der Waals surface area (Å²) in [5.41, 5.74) is 0. The molecule has 0 aromatic carbocycles. The van der Waals surface area contributed by atoms with E-state index in [0.29, 0.717) is 13.0 Å². The summed E-state index contributed by atoms with van der Waals surface area (Å²) < 4.78 is 0. The lowest BCUT2D eigenvalue weighted by Gasteiger charge is -2.23. The van der Waals surface area contributed by atoms with Gasteiger partial charge in [0.2, 0.25) is 0 Å². The maximum Gasteiger partial charge on any atom is 0.0975 e. The molecule has 0 aromatic heterocycles. The SMILES string of the molecule is CCC(C#N)N(CC)CCC#N. The predicted octanol–water partition coefficient (Wildman–Crippen LogP) is 1.52. The van der Waals surface area contributed by atoms with Crippen LogP contribution in [0.1, 0.15) is 26.7 Å². The summed E-state index contributed by atoms with van der Waals surface area (Å²) in [6.45, 7) is 5.55. The predicted molar refractivity (Wildman–Crippen MR) is 47.2 cm³/mol. The molecule has 0 N–H and O–H groups in total. The molecule has 0 aliphatic carbocycles. The first-order valence-electron chi connectivity index (χ1n) is 4.30. The minimum Gasteiger partial charge on any atom is -0.287 e. The van der Waals surface area contributed by atoms with Crippen LogP contribution in [-0.2, 0) is 0 Å². The third-order valence-corrected chi connectivity index (χ3v) is 1.89. The summed E-state index contributed by atoms with van der Waals surface area (Å²) in [5.74, 6) is 0. The smallest absolute Gasteiger partial charge is 0.0975 e. The Morgan fingerprint density at radius 2 is 2.00 bits per heavy atom. The Hall–Kier alpha value is -1.06. The van der Waals surface area contributed by atoms with Crippen molar-refractivity contribution in [1.82, 2.24) is 4.90 Å². The Balaban J connectivity index is 3.97. The van der Waals surface area contributed by atoms with Crippen LogP contribution in [0.15, 0.2) is 0 Å². The van der Waals surface area contributed by atoms with E-state index in [1.54, 1.807) is 0 Å². The van der Waals surface area contributed by atoms with Gasteiger partial charge < -0.3 is 0 Å². The molecule has 3 nitrogen and oxygen atoms in total. The van der Waals surface area contributed by atoms with Crippen molar-refractivity contribution >= 4 is 0 Å². The Morgan fingerprint density at radius 1 is 1.33 bits per heavy atom. The van der Waals surface area contributed by atoms with Crippen molar-refractivity contribution in [3.8, 4) is 12.1 Å². The van der Waals surface area contributed by atoms with Crippen molar-refractivity contribution in [1.29, 1.82) is 10.5 Å². The lowest BCUT2D eigenvalue weighted by molar-refractivity contribution is 0.246. The van der Waals surface area contributed by atoms with Crippen molar-refractivity contribution in [2.45, 2.75) is 32.7 Å². The third-order valence-electron chi connectivity index (χ3n) is 1.89. The van der Waals surface area contributed by atoms with Gasteiger partial charge in [0, 0.05) is 13.0 Å². The lowest BCUT2D eigenvalue weighted by Crippen LogP contribution is -2.34. The molecule has 1 unspecified atom stereocenters. The van der Waals surface area contributed by atoms with E-state index in [1.165, 1.54) is 0 Å². The molecule has 0 rings (SSSR count). The molecule has 0 aliphatic rings. The fourth-order valence-corrected chi connectivity index (χ4v) is 1.16. The van der Waals surface area contributed by atoms with Gasteiger partial charge in [0.25, 0.3) is 0 Å². The van der Waals surface area contributed by atoms with Crippen LogP contribution in [0, 0.1) is 22.7 Å². The third kappa shape index (κ3) is 3.37. The highest BCUT2D eigenvalue weighted by atomic mass is 15.1. The van der Waals surface area contributed by atoms with E-state index in [4.69, 9.17) is 10.5 Å². The molecule has 0 aliphatic heterocycles. The maximum atomic E-state index is 8.75. The van der Waals surface area contributed by atoms with E-state index >= 15 is 0 Å². The first-order valence-corrected chi connectivity index (χ1v) is 4.30. The van der Waals surface area contributed by atoms with Crippen LogP contribution in [-0.4, -0.2) is 24.0 Å². The Labute approximate surface area is 74.2 Å². The molecule has 12 heavy (non-hydrogen) atoms. The van der Waals surface area contributed by atoms with Gasteiger partial charge >= 0.3 is 0 Å². The van der Waals surface area contributed by atoms with Gasteiger partial charge in [-0.05, 0) is 13.0 Å². The van der Waals surface area contributed by atoms with Gasteiger partial charge in [-0.15, -0.1) is 0 Å². The molecule has 1 atom stereocenters. The molecular weight excluding hydrogens is 150 g/mol. The molecule has 0 heterocycles. The van der Waals surface area contributed by atoms with Crippen molar-refractivity contribution in [2.24, 2.45) is 0 Å².